The Kier molecular flexibility index (Phi) is 5.44. The van der Waals surface area contributed by atoms with E-state index >= 15 is 0 Å². The van der Waals surface area contributed by atoms with Gasteiger partial charge >= 0.3 is 0 Å². The summed E-state index contributed by atoms with van der Waals surface area (Å²) in [5.41, 5.74) is 1.30. The Bertz CT molecular complexity index is 362. The summed E-state index contributed by atoms with van der Waals surface area (Å²) in [6, 6.07) is 1.11. The zero-order valence-electron chi connectivity index (χ0n) is 12.7. The summed E-state index contributed by atoms with van der Waals surface area (Å²) < 4.78 is 2.26. The van der Waals surface area contributed by atoms with Gasteiger partial charge in [0, 0.05) is 24.8 Å². The van der Waals surface area contributed by atoms with Crippen LogP contribution in [0.15, 0.2) is 12.5 Å². The number of rotatable bonds is 5. The third-order valence-electron chi connectivity index (χ3n) is 4.51. The van der Waals surface area contributed by atoms with Crippen molar-refractivity contribution < 1.29 is 0 Å². The number of hydrogen-bond donors (Lipinski definition) is 1. The molecule has 1 N–H and O–H groups in total. The van der Waals surface area contributed by atoms with Gasteiger partial charge in [0.2, 0.25) is 0 Å². The van der Waals surface area contributed by atoms with E-state index < -0.39 is 0 Å². The molecule has 1 aromatic heterocycles. The average Bonchev–Trinajstić information content (AvgIpc) is 2.69. The molecule has 1 aliphatic rings. The van der Waals surface area contributed by atoms with Gasteiger partial charge < -0.3 is 9.88 Å². The predicted octanol–water partition coefficient (Wildman–Crippen LogP) is 3.91. The van der Waals surface area contributed by atoms with Crippen molar-refractivity contribution in [1.29, 1.82) is 0 Å². The maximum Gasteiger partial charge on any atom is 0.0951 e. The maximum atomic E-state index is 4.27. The third kappa shape index (κ3) is 4.07. The molecule has 1 aliphatic carbocycles. The molecule has 2 rings (SSSR count). The van der Waals surface area contributed by atoms with Crippen LogP contribution in [0.2, 0.25) is 0 Å². The predicted molar refractivity (Wildman–Crippen MR) is 80.1 cm³/mol. The van der Waals surface area contributed by atoms with Crippen LogP contribution in [0.5, 0.6) is 0 Å². The zero-order valence-corrected chi connectivity index (χ0v) is 12.7. The molecular weight excluding hydrogens is 234 g/mol. The minimum atomic E-state index is 0.493. The van der Waals surface area contributed by atoms with E-state index in [2.05, 4.69) is 35.6 Å². The van der Waals surface area contributed by atoms with E-state index in [0.29, 0.717) is 12.1 Å². The lowest BCUT2D eigenvalue weighted by Crippen LogP contribution is -2.33. The van der Waals surface area contributed by atoms with E-state index in [4.69, 9.17) is 0 Å². The van der Waals surface area contributed by atoms with Gasteiger partial charge in [0.05, 0.1) is 12.0 Å². The largest absolute Gasteiger partial charge is 0.331 e. The quantitative estimate of drug-likeness (QED) is 0.816. The highest BCUT2D eigenvalue weighted by molar-refractivity contribution is 4.99. The summed E-state index contributed by atoms with van der Waals surface area (Å²) in [5.74, 6) is 0.859. The molecule has 1 atom stereocenters. The van der Waals surface area contributed by atoms with Crippen LogP contribution in [0, 0.1) is 5.92 Å². The molecule has 1 saturated carbocycles. The van der Waals surface area contributed by atoms with Gasteiger partial charge in [0.15, 0.2) is 0 Å². The van der Waals surface area contributed by atoms with Crippen molar-refractivity contribution >= 4 is 0 Å². The minimum Gasteiger partial charge on any atom is -0.331 e. The highest BCUT2D eigenvalue weighted by Crippen LogP contribution is 2.25. The Morgan fingerprint density at radius 3 is 2.53 bits per heavy atom. The van der Waals surface area contributed by atoms with Crippen LogP contribution in [0.1, 0.15) is 71.0 Å². The zero-order chi connectivity index (χ0) is 13.7. The number of imidazole rings is 1. The highest BCUT2D eigenvalue weighted by Gasteiger charge is 2.19. The smallest absolute Gasteiger partial charge is 0.0951 e. The molecule has 0 spiro atoms. The van der Waals surface area contributed by atoms with E-state index in [1.165, 1.54) is 44.2 Å². The molecule has 0 unspecified atom stereocenters. The number of nitrogens with one attached hydrogen (secondary N) is 1. The lowest BCUT2D eigenvalue weighted by atomic mass is 9.93. The summed E-state index contributed by atoms with van der Waals surface area (Å²) in [4.78, 5) is 4.27. The number of nitrogens with zero attached hydrogens (tertiary/aromatic N) is 2. The molecular formula is C16H29N3. The van der Waals surface area contributed by atoms with Crippen molar-refractivity contribution in [3.63, 3.8) is 0 Å². The molecule has 0 radical (unpaired) electrons. The van der Waals surface area contributed by atoms with Crippen molar-refractivity contribution in [1.82, 2.24) is 14.9 Å². The Labute approximate surface area is 117 Å². The summed E-state index contributed by atoms with van der Waals surface area (Å²) in [5, 5.41) is 3.72. The maximum absolute atomic E-state index is 4.27. The van der Waals surface area contributed by atoms with Crippen LogP contribution < -0.4 is 5.32 Å². The summed E-state index contributed by atoms with van der Waals surface area (Å²) >= 11 is 0. The van der Waals surface area contributed by atoms with Gasteiger partial charge in [-0.25, -0.2) is 4.98 Å². The minimum absolute atomic E-state index is 0.493. The van der Waals surface area contributed by atoms with Gasteiger partial charge in [0.25, 0.3) is 0 Å². The van der Waals surface area contributed by atoms with E-state index in [0.717, 1.165) is 12.5 Å². The monoisotopic (exact) mass is 263 g/mol. The third-order valence-corrected chi connectivity index (χ3v) is 4.51. The van der Waals surface area contributed by atoms with Gasteiger partial charge in [-0.15, -0.1) is 0 Å². The molecule has 19 heavy (non-hydrogen) atoms. The Hall–Kier alpha value is -0.830. The molecule has 0 aromatic carbocycles. The first kappa shape index (κ1) is 14.6. The molecule has 0 aliphatic heterocycles. The van der Waals surface area contributed by atoms with Gasteiger partial charge in [-0.1, -0.05) is 25.7 Å². The highest BCUT2D eigenvalue weighted by atomic mass is 15.1. The molecule has 3 nitrogen and oxygen atoms in total. The standard InChI is InChI=1S/C16H29N3/c1-13(2)19-12-17-10-16(19)11-18-14(3)15-8-6-4-5-7-9-15/h10,12-15,18H,4-9,11H2,1-3H3/t14-/m0/s1. The molecule has 0 bridgehead atoms. The Morgan fingerprint density at radius 1 is 1.21 bits per heavy atom. The molecule has 1 fully saturated rings. The lowest BCUT2D eigenvalue weighted by molar-refractivity contribution is 0.333. The van der Waals surface area contributed by atoms with Crippen molar-refractivity contribution in [2.75, 3.05) is 0 Å². The van der Waals surface area contributed by atoms with E-state index in [1.807, 2.05) is 12.5 Å². The van der Waals surface area contributed by atoms with Gasteiger partial charge in [-0.2, -0.15) is 0 Å². The Morgan fingerprint density at radius 2 is 1.89 bits per heavy atom. The number of hydrogen-bond acceptors (Lipinski definition) is 2. The molecule has 0 amide bonds. The Balaban J connectivity index is 1.85. The van der Waals surface area contributed by atoms with Gasteiger partial charge in [-0.05, 0) is 39.5 Å². The fourth-order valence-corrected chi connectivity index (χ4v) is 3.18. The van der Waals surface area contributed by atoms with Crippen molar-refractivity contribution in [3.05, 3.63) is 18.2 Å². The van der Waals surface area contributed by atoms with E-state index in [-0.39, 0.29) is 0 Å². The van der Waals surface area contributed by atoms with Crippen LogP contribution in [0.3, 0.4) is 0 Å². The molecule has 3 heteroatoms. The first-order valence-electron chi connectivity index (χ1n) is 7.92. The second kappa shape index (κ2) is 7.09. The number of aromatic nitrogens is 2. The van der Waals surface area contributed by atoms with Crippen LogP contribution >= 0.6 is 0 Å². The topological polar surface area (TPSA) is 29.9 Å². The van der Waals surface area contributed by atoms with Gasteiger partial charge in [0.1, 0.15) is 0 Å². The van der Waals surface area contributed by atoms with E-state index in [1.54, 1.807) is 0 Å². The molecule has 1 aromatic rings. The van der Waals surface area contributed by atoms with Crippen molar-refractivity contribution in [2.45, 2.75) is 77.9 Å². The van der Waals surface area contributed by atoms with Gasteiger partial charge in [-0.3, -0.25) is 0 Å². The summed E-state index contributed by atoms with van der Waals surface area (Å²) in [6.45, 7) is 7.71. The summed E-state index contributed by atoms with van der Waals surface area (Å²) in [7, 11) is 0. The first-order chi connectivity index (χ1) is 9.18. The first-order valence-corrected chi connectivity index (χ1v) is 7.92. The van der Waals surface area contributed by atoms with Crippen LogP contribution in [0.4, 0.5) is 0 Å². The normalized spacial score (nSPS) is 19.6. The molecule has 0 saturated heterocycles. The fraction of sp³-hybridized carbons (Fsp3) is 0.812. The fourth-order valence-electron chi connectivity index (χ4n) is 3.18. The molecule has 1 heterocycles. The summed E-state index contributed by atoms with van der Waals surface area (Å²) in [6.07, 6.45) is 12.4. The molecule has 108 valence electrons. The van der Waals surface area contributed by atoms with Crippen LogP contribution in [0.25, 0.3) is 0 Å². The second-order valence-electron chi connectivity index (χ2n) is 6.31. The lowest BCUT2D eigenvalue weighted by Gasteiger charge is -2.24. The van der Waals surface area contributed by atoms with Crippen molar-refractivity contribution in [3.8, 4) is 0 Å². The SMILES string of the molecule is CC(C)n1cncc1CN[C@@H](C)C1CCCCCC1. The average molecular weight is 263 g/mol. The van der Waals surface area contributed by atoms with Crippen LogP contribution in [-0.2, 0) is 6.54 Å². The van der Waals surface area contributed by atoms with Crippen molar-refractivity contribution in [2.24, 2.45) is 5.92 Å². The second-order valence-corrected chi connectivity index (χ2v) is 6.31. The van der Waals surface area contributed by atoms with E-state index in [9.17, 15) is 0 Å². The van der Waals surface area contributed by atoms with Crippen LogP contribution in [-0.4, -0.2) is 15.6 Å².